The molecule has 4 heteroatoms. The fourth-order valence-corrected chi connectivity index (χ4v) is 2.45. The van der Waals surface area contributed by atoms with Crippen LogP contribution in [-0.2, 0) is 10.7 Å². The van der Waals surface area contributed by atoms with Crippen molar-refractivity contribution in [3.63, 3.8) is 0 Å². The first-order chi connectivity index (χ1) is 5.45. The molecule has 2 aliphatic rings. The van der Waals surface area contributed by atoms with Crippen LogP contribution in [0.5, 0.6) is 0 Å². The van der Waals surface area contributed by atoms with Gasteiger partial charge in [0.25, 0.3) is 0 Å². The first kappa shape index (κ1) is 5.49. The van der Waals surface area contributed by atoms with E-state index in [4.69, 9.17) is 0 Å². The smallest absolute Gasteiger partial charge is 0.200 e. The van der Waals surface area contributed by atoms with Gasteiger partial charge in [-0.05, 0) is 12.1 Å². The number of benzene rings is 1. The van der Waals surface area contributed by atoms with Crippen LogP contribution in [-0.4, -0.2) is 5.17 Å². The summed E-state index contributed by atoms with van der Waals surface area (Å²) in [6.45, 7) is 0. The van der Waals surface area contributed by atoms with Gasteiger partial charge >= 0.3 is 0 Å². The van der Waals surface area contributed by atoms with Crippen molar-refractivity contribution >= 4 is 21.5 Å². The van der Waals surface area contributed by atoms with E-state index in [1.54, 1.807) is 0 Å². The lowest BCUT2D eigenvalue weighted by molar-refractivity contribution is 1.04. The van der Waals surface area contributed by atoms with Gasteiger partial charge in [0, 0.05) is 10.7 Å². The van der Waals surface area contributed by atoms with E-state index in [2.05, 4.69) is 21.0 Å². The second-order valence-electron chi connectivity index (χ2n) is 2.37. The number of nitrogens with zero attached hydrogens (tertiary/aromatic N) is 2. The van der Waals surface area contributed by atoms with Crippen molar-refractivity contribution in [3.05, 3.63) is 24.3 Å². The number of rotatable bonds is 0. The molecule has 2 aliphatic heterocycles. The lowest BCUT2D eigenvalue weighted by atomic mass is 10.3. The molecule has 1 N–H and O–H groups in total. The van der Waals surface area contributed by atoms with Crippen molar-refractivity contribution in [2.75, 3.05) is 0 Å². The van der Waals surface area contributed by atoms with Crippen LogP contribution in [0.3, 0.4) is 0 Å². The minimum Gasteiger partial charge on any atom is -0.248 e. The standard InChI is InChI=1S/C7H5N3S/c1-2-4-6-5(3-1)8-7-9-10-11(6)7/h1-4H,(H,8,9). The van der Waals surface area contributed by atoms with Gasteiger partial charge in [-0.2, -0.15) is 0 Å². The van der Waals surface area contributed by atoms with Crippen molar-refractivity contribution in [2.45, 2.75) is 4.90 Å². The summed E-state index contributed by atoms with van der Waals surface area (Å²) >= 11 is 0. The van der Waals surface area contributed by atoms with E-state index in [1.165, 1.54) is 4.90 Å². The highest BCUT2D eigenvalue weighted by Crippen LogP contribution is 2.32. The Balaban J connectivity index is 2.36. The molecule has 54 valence electrons. The quantitative estimate of drug-likeness (QED) is 0.616. The van der Waals surface area contributed by atoms with Gasteiger partial charge in [-0.3, -0.25) is 0 Å². The molecule has 0 aliphatic carbocycles. The lowest BCUT2D eigenvalue weighted by Crippen LogP contribution is -2.30. The molecule has 1 aromatic carbocycles. The predicted molar refractivity (Wildman–Crippen MR) is 44.7 cm³/mol. The first-order valence-corrected chi connectivity index (χ1v) is 4.52. The molecule has 0 radical (unpaired) electrons. The second kappa shape index (κ2) is 1.71. The summed E-state index contributed by atoms with van der Waals surface area (Å²) in [4.78, 5) is 5.60. The van der Waals surface area contributed by atoms with Crippen molar-refractivity contribution in [2.24, 2.45) is 9.46 Å². The minimum absolute atomic E-state index is 0.0481. The van der Waals surface area contributed by atoms with Gasteiger partial charge < -0.3 is 0 Å². The summed E-state index contributed by atoms with van der Waals surface area (Å²) in [5, 5.41) is 1.02. The second-order valence-corrected chi connectivity index (χ2v) is 3.95. The van der Waals surface area contributed by atoms with Crippen molar-refractivity contribution in [1.82, 2.24) is 5.43 Å². The molecule has 11 heavy (non-hydrogen) atoms. The van der Waals surface area contributed by atoms with Crippen molar-refractivity contribution in [1.29, 1.82) is 0 Å². The van der Waals surface area contributed by atoms with Gasteiger partial charge in [0.1, 0.15) is 0 Å². The Morgan fingerprint density at radius 2 is 2.18 bits per heavy atom. The fraction of sp³-hybridized carbons (Fsp3) is 0. The van der Waals surface area contributed by atoms with Crippen LogP contribution in [0.2, 0.25) is 0 Å². The van der Waals surface area contributed by atoms with Crippen molar-refractivity contribution in [3.8, 4) is 0 Å². The third kappa shape index (κ3) is 0.574. The molecule has 1 atom stereocenters. The molecule has 0 fully saturated rings. The van der Waals surface area contributed by atoms with E-state index in [0.29, 0.717) is 0 Å². The van der Waals surface area contributed by atoms with E-state index in [9.17, 15) is 0 Å². The Kier molecular flexibility index (Phi) is 0.851. The predicted octanol–water partition coefficient (Wildman–Crippen LogP) is 1.37. The molecule has 1 aromatic rings. The normalized spacial score (nSPS) is 23.6. The van der Waals surface area contributed by atoms with Crippen LogP contribution in [0.4, 0.5) is 5.69 Å². The summed E-state index contributed by atoms with van der Waals surface area (Å²) < 4.78 is 4.12. The van der Waals surface area contributed by atoms with E-state index < -0.39 is 0 Å². The molecule has 3 nitrogen and oxygen atoms in total. The van der Waals surface area contributed by atoms with E-state index in [0.717, 1.165) is 10.9 Å². The van der Waals surface area contributed by atoms with Crippen molar-refractivity contribution < 1.29 is 0 Å². The fourth-order valence-electron chi connectivity index (χ4n) is 1.18. The first-order valence-electron chi connectivity index (χ1n) is 3.34. The maximum Gasteiger partial charge on any atom is 0.200 e. The minimum atomic E-state index is -0.0481. The van der Waals surface area contributed by atoms with Crippen LogP contribution in [0.1, 0.15) is 0 Å². The third-order valence-electron chi connectivity index (χ3n) is 1.71. The number of hydrogen-bond acceptors (Lipinski definition) is 3. The number of amidine groups is 1. The highest BCUT2D eigenvalue weighted by Gasteiger charge is 2.26. The number of para-hydroxylation sites is 1. The zero-order valence-corrected chi connectivity index (χ0v) is 6.43. The summed E-state index contributed by atoms with van der Waals surface area (Å²) in [5.41, 5.74) is 3.91. The monoisotopic (exact) mass is 163 g/mol. The Labute approximate surface area is 66.2 Å². The molecular formula is C7H5N3S. The van der Waals surface area contributed by atoms with Gasteiger partial charge in [0.15, 0.2) is 0 Å². The zero-order valence-electron chi connectivity index (χ0n) is 5.61. The van der Waals surface area contributed by atoms with Gasteiger partial charge in [-0.1, -0.05) is 12.1 Å². The SMILES string of the molecule is c1ccc2c(c1)N=C1NN=S12. The van der Waals surface area contributed by atoms with Gasteiger partial charge in [-0.25, -0.2) is 10.4 Å². The molecule has 0 spiro atoms. The largest absolute Gasteiger partial charge is 0.248 e. The molecular weight excluding hydrogens is 158 g/mol. The maximum absolute atomic E-state index is 4.34. The summed E-state index contributed by atoms with van der Waals surface area (Å²) in [5.74, 6) is 0. The molecule has 0 saturated carbocycles. The molecule has 0 bridgehead atoms. The van der Waals surface area contributed by atoms with Crippen LogP contribution in [0.15, 0.2) is 38.6 Å². The molecule has 3 rings (SSSR count). The average Bonchev–Trinajstić information content (AvgIpc) is 2.23. The topological polar surface area (TPSA) is 36.8 Å². The highest BCUT2D eigenvalue weighted by molar-refractivity contribution is 8.04. The van der Waals surface area contributed by atoms with Crippen LogP contribution < -0.4 is 5.43 Å². The van der Waals surface area contributed by atoms with Crippen LogP contribution in [0.25, 0.3) is 0 Å². The Morgan fingerprint density at radius 3 is 3.00 bits per heavy atom. The maximum atomic E-state index is 4.34. The Bertz CT molecular complexity index is 394. The third-order valence-corrected chi connectivity index (χ3v) is 3.30. The van der Waals surface area contributed by atoms with Gasteiger partial charge in [-0.15, -0.1) is 4.47 Å². The summed E-state index contributed by atoms with van der Waals surface area (Å²) in [6, 6.07) is 8.13. The average molecular weight is 163 g/mol. The Morgan fingerprint density at radius 1 is 1.27 bits per heavy atom. The van der Waals surface area contributed by atoms with E-state index >= 15 is 0 Å². The molecule has 1 unspecified atom stereocenters. The lowest BCUT2D eigenvalue weighted by Gasteiger charge is -2.11. The van der Waals surface area contributed by atoms with E-state index in [-0.39, 0.29) is 10.7 Å². The van der Waals surface area contributed by atoms with Crippen LogP contribution >= 0.6 is 0 Å². The number of fused-ring (bicyclic) bond motifs is 3. The summed E-state index contributed by atoms with van der Waals surface area (Å²) in [7, 11) is -0.0481. The van der Waals surface area contributed by atoms with Crippen LogP contribution in [0, 0.1) is 0 Å². The zero-order chi connectivity index (χ0) is 7.26. The van der Waals surface area contributed by atoms with E-state index in [1.807, 2.05) is 18.2 Å². The highest BCUT2D eigenvalue weighted by atomic mass is 32.2. The molecule has 0 aromatic heterocycles. The summed E-state index contributed by atoms with van der Waals surface area (Å²) in [6.07, 6.45) is 0. The number of hydrogen-bond donors (Lipinski definition) is 1. The molecule has 2 heterocycles. The number of aliphatic imine (C=N–C) groups is 1. The molecule has 0 saturated heterocycles. The van der Waals surface area contributed by atoms with Gasteiger partial charge in [0.05, 0.1) is 10.6 Å². The molecule has 0 amide bonds. The number of nitrogens with one attached hydrogen (secondary N) is 1. The Hall–Kier alpha value is -1.16. The van der Waals surface area contributed by atoms with Gasteiger partial charge in [0.2, 0.25) is 5.17 Å².